The molecule has 104 valence electrons. The molecule has 0 saturated carbocycles. The summed E-state index contributed by atoms with van der Waals surface area (Å²) < 4.78 is 5.80. The average molecular weight is 291 g/mol. The number of hydrogen-bond acceptors (Lipinski definition) is 2. The third-order valence-electron chi connectivity index (χ3n) is 2.70. The second-order valence-electron chi connectivity index (χ2n) is 4.06. The van der Waals surface area contributed by atoms with Crippen LogP contribution in [0.3, 0.4) is 0 Å². The van der Waals surface area contributed by atoms with Crippen LogP contribution in [0.5, 0.6) is 11.5 Å². The Labute approximate surface area is 122 Å². The zero-order valence-corrected chi connectivity index (χ0v) is 11.8. The van der Waals surface area contributed by atoms with Crippen molar-refractivity contribution < 1.29 is 9.53 Å². The highest BCUT2D eigenvalue weighted by atomic mass is 35.5. The highest BCUT2D eigenvalue weighted by Crippen LogP contribution is 2.30. The predicted molar refractivity (Wildman–Crippen MR) is 79.3 cm³/mol. The van der Waals surface area contributed by atoms with E-state index < -0.39 is 0 Å². The average Bonchev–Trinajstić information content (AvgIpc) is 2.47. The lowest BCUT2D eigenvalue weighted by atomic mass is 10.2. The van der Waals surface area contributed by atoms with Crippen LogP contribution >= 0.6 is 11.6 Å². The van der Waals surface area contributed by atoms with Crippen molar-refractivity contribution in [1.82, 2.24) is 10.6 Å². The van der Waals surface area contributed by atoms with Crippen molar-refractivity contribution in [2.24, 2.45) is 0 Å². The Bertz CT molecular complexity index is 588. The van der Waals surface area contributed by atoms with Crippen LogP contribution in [0, 0.1) is 0 Å². The molecule has 0 saturated heterocycles. The van der Waals surface area contributed by atoms with Crippen molar-refractivity contribution in [1.29, 1.82) is 0 Å². The SMILES string of the molecule is CNC(=O)NCc1c(Cl)cccc1Oc1ccccc1. The number of amides is 2. The first-order valence-corrected chi connectivity index (χ1v) is 6.54. The van der Waals surface area contributed by atoms with Crippen molar-refractivity contribution in [3.63, 3.8) is 0 Å². The van der Waals surface area contributed by atoms with Gasteiger partial charge >= 0.3 is 6.03 Å². The van der Waals surface area contributed by atoms with Gasteiger partial charge in [0.2, 0.25) is 0 Å². The van der Waals surface area contributed by atoms with Crippen LogP contribution in [0.1, 0.15) is 5.56 Å². The van der Waals surface area contributed by atoms with E-state index in [-0.39, 0.29) is 6.03 Å². The summed E-state index contributed by atoms with van der Waals surface area (Å²) in [5.74, 6) is 1.34. The summed E-state index contributed by atoms with van der Waals surface area (Å²) in [6.45, 7) is 0.293. The number of benzene rings is 2. The van der Waals surface area contributed by atoms with Gasteiger partial charge < -0.3 is 15.4 Å². The minimum absolute atomic E-state index is 0.268. The Morgan fingerprint density at radius 2 is 1.90 bits per heavy atom. The minimum Gasteiger partial charge on any atom is -0.457 e. The number of urea groups is 1. The van der Waals surface area contributed by atoms with Crippen LogP contribution < -0.4 is 15.4 Å². The largest absolute Gasteiger partial charge is 0.457 e. The van der Waals surface area contributed by atoms with Gasteiger partial charge in [-0.2, -0.15) is 0 Å². The van der Waals surface area contributed by atoms with E-state index in [1.54, 1.807) is 13.1 Å². The molecular weight excluding hydrogens is 276 g/mol. The molecular formula is C15H15ClN2O2. The van der Waals surface area contributed by atoms with Gasteiger partial charge in [-0.1, -0.05) is 35.9 Å². The fourth-order valence-electron chi connectivity index (χ4n) is 1.68. The fraction of sp³-hybridized carbons (Fsp3) is 0.133. The number of para-hydroxylation sites is 1. The molecule has 2 aromatic rings. The van der Waals surface area contributed by atoms with Crippen molar-refractivity contribution in [2.45, 2.75) is 6.54 Å². The Kier molecular flexibility index (Phi) is 4.85. The Morgan fingerprint density at radius 1 is 1.15 bits per heavy atom. The van der Waals surface area contributed by atoms with Crippen molar-refractivity contribution in [2.75, 3.05) is 7.05 Å². The number of carbonyl (C=O) groups excluding carboxylic acids is 1. The Morgan fingerprint density at radius 3 is 2.60 bits per heavy atom. The van der Waals surface area contributed by atoms with Crippen molar-refractivity contribution in [3.05, 3.63) is 59.1 Å². The molecule has 2 N–H and O–H groups in total. The molecule has 0 radical (unpaired) electrons. The summed E-state index contributed by atoms with van der Waals surface area (Å²) in [6, 6.07) is 14.5. The maximum absolute atomic E-state index is 11.3. The topological polar surface area (TPSA) is 50.4 Å². The molecule has 0 bridgehead atoms. The van der Waals surface area contributed by atoms with Crippen LogP contribution in [-0.4, -0.2) is 13.1 Å². The standard InChI is InChI=1S/C15H15ClN2O2/c1-17-15(19)18-10-12-13(16)8-5-9-14(12)20-11-6-3-2-4-7-11/h2-9H,10H2,1H3,(H2,17,18,19). The van der Waals surface area contributed by atoms with Gasteiger partial charge in [-0.25, -0.2) is 4.79 Å². The summed E-state index contributed by atoms with van der Waals surface area (Å²) in [6.07, 6.45) is 0. The smallest absolute Gasteiger partial charge is 0.314 e. The first-order chi connectivity index (χ1) is 9.70. The van der Waals surface area contributed by atoms with Gasteiger partial charge in [0.15, 0.2) is 0 Å². The van der Waals surface area contributed by atoms with Crippen LogP contribution in [0.15, 0.2) is 48.5 Å². The number of nitrogens with one attached hydrogen (secondary N) is 2. The fourth-order valence-corrected chi connectivity index (χ4v) is 1.91. The quantitative estimate of drug-likeness (QED) is 0.904. The predicted octanol–water partition coefficient (Wildman–Crippen LogP) is 3.56. The lowest BCUT2D eigenvalue weighted by Gasteiger charge is -2.13. The molecule has 0 atom stereocenters. The van der Waals surface area contributed by atoms with Crippen LogP contribution in [0.25, 0.3) is 0 Å². The number of hydrogen-bond donors (Lipinski definition) is 2. The highest BCUT2D eigenvalue weighted by molar-refractivity contribution is 6.31. The highest BCUT2D eigenvalue weighted by Gasteiger charge is 2.10. The van der Waals surface area contributed by atoms with E-state index in [0.717, 1.165) is 11.3 Å². The molecule has 0 aliphatic heterocycles. The second kappa shape index (κ2) is 6.82. The maximum Gasteiger partial charge on any atom is 0.314 e. The van der Waals surface area contributed by atoms with Crippen LogP contribution in [0.4, 0.5) is 4.79 Å². The molecule has 0 spiro atoms. The van der Waals surface area contributed by atoms with Gasteiger partial charge in [0.05, 0.1) is 0 Å². The zero-order valence-electron chi connectivity index (χ0n) is 11.0. The van der Waals surface area contributed by atoms with Gasteiger partial charge in [0.25, 0.3) is 0 Å². The van der Waals surface area contributed by atoms with Crippen LogP contribution in [0.2, 0.25) is 5.02 Å². The molecule has 4 nitrogen and oxygen atoms in total. The lowest BCUT2D eigenvalue weighted by molar-refractivity contribution is 0.242. The molecule has 0 heterocycles. The van der Waals surface area contributed by atoms with Gasteiger partial charge in [-0.15, -0.1) is 0 Å². The number of rotatable bonds is 4. The first-order valence-electron chi connectivity index (χ1n) is 6.16. The lowest BCUT2D eigenvalue weighted by Crippen LogP contribution is -2.32. The molecule has 2 amide bonds. The van der Waals surface area contributed by atoms with E-state index in [0.29, 0.717) is 17.3 Å². The molecule has 20 heavy (non-hydrogen) atoms. The maximum atomic E-state index is 11.3. The molecule has 0 aliphatic carbocycles. The summed E-state index contributed by atoms with van der Waals surface area (Å²) in [5.41, 5.74) is 0.738. The molecule has 0 aromatic heterocycles. The third-order valence-corrected chi connectivity index (χ3v) is 3.05. The molecule has 2 aromatic carbocycles. The second-order valence-corrected chi connectivity index (χ2v) is 4.47. The Hall–Kier alpha value is -2.20. The van der Waals surface area contributed by atoms with Crippen molar-refractivity contribution in [3.8, 4) is 11.5 Å². The van der Waals surface area contributed by atoms with Gasteiger partial charge in [0, 0.05) is 24.2 Å². The summed E-state index contributed by atoms with van der Waals surface area (Å²) in [4.78, 5) is 11.3. The van der Waals surface area contributed by atoms with Crippen LogP contribution in [-0.2, 0) is 6.54 Å². The van der Waals surface area contributed by atoms with Gasteiger partial charge in [-0.3, -0.25) is 0 Å². The van der Waals surface area contributed by atoms with E-state index in [4.69, 9.17) is 16.3 Å². The van der Waals surface area contributed by atoms with E-state index in [1.165, 1.54) is 0 Å². The number of halogens is 1. The summed E-state index contributed by atoms with van der Waals surface area (Å²) in [5, 5.41) is 5.74. The summed E-state index contributed by atoms with van der Waals surface area (Å²) in [7, 11) is 1.56. The monoisotopic (exact) mass is 290 g/mol. The van der Waals surface area contributed by atoms with E-state index in [9.17, 15) is 4.79 Å². The van der Waals surface area contributed by atoms with Gasteiger partial charge in [0.1, 0.15) is 11.5 Å². The Balaban J connectivity index is 2.20. The molecule has 0 unspecified atom stereocenters. The van der Waals surface area contributed by atoms with Crippen molar-refractivity contribution >= 4 is 17.6 Å². The minimum atomic E-state index is -0.268. The molecule has 0 aliphatic rings. The number of ether oxygens (including phenoxy) is 1. The molecule has 0 fully saturated rings. The van der Waals surface area contributed by atoms with E-state index in [2.05, 4.69) is 10.6 Å². The van der Waals surface area contributed by atoms with E-state index >= 15 is 0 Å². The molecule has 5 heteroatoms. The normalized spacial score (nSPS) is 9.90. The first kappa shape index (κ1) is 14.2. The molecule has 2 rings (SSSR count). The van der Waals surface area contributed by atoms with E-state index in [1.807, 2.05) is 42.5 Å². The van der Waals surface area contributed by atoms with Gasteiger partial charge in [-0.05, 0) is 24.3 Å². The summed E-state index contributed by atoms with van der Waals surface area (Å²) >= 11 is 6.17. The zero-order chi connectivity index (χ0) is 14.4. The third kappa shape index (κ3) is 3.65. The number of carbonyl (C=O) groups is 1.